The van der Waals surface area contributed by atoms with Gasteiger partial charge >= 0.3 is 5.97 Å². The number of nitrogen functional groups attached to an aromatic ring is 1. The fourth-order valence-corrected chi connectivity index (χ4v) is 1.27. The van der Waals surface area contributed by atoms with Crippen LogP contribution in [0.2, 0.25) is 0 Å². The summed E-state index contributed by atoms with van der Waals surface area (Å²) in [5.74, 6) is -0.706. The number of hydrogen-bond acceptors (Lipinski definition) is 5. The van der Waals surface area contributed by atoms with E-state index in [1.54, 1.807) is 6.92 Å². The number of aliphatic carboxylic acids is 1. The van der Waals surface area contributed by atoms with Crippen LogP contribution >= 0.6 is 0 Å². The molecule has 0 aliphatic heterocycles. The zero-order chi connectivity index (χ0) is 11.0. The average molecular weight is 207 g/mol. The summed E-state index contributed by atoms with van der Waals surface area (Å²) in [4.78, 5) is 22.5. The van der Waals surface area contributed by atoms with Gasteiger partial charge in [0.2, 0.25) is 0 Å². The van der Waals surface area contributed by atoms with Crippen LogP contribution in [0.25, 0.3) is 11.2 Å². The Kier molecular flexibility index (Phi) is 2.00. The van der Waals surface area contributed by atoms with Gasteiger partial charge in [-0.3, -0.25) is 0 Å². The van der Waals surface area contributed by atoms with Crippen molar-refractivity contribution in [2.75, 3.05) is 5.73 Å². The molecule has 0 saturated heterocycles. The Morgan fingerprint density at radius 1 is 1.53 bits per heavy atom. The monoisotopic (exact) mass is 207 g/mol. The van der Waals surface area contributed by atoms with E-state index in [0.29, 0.717) is 11.2 Å². The third-order valence-electron chi connectivity index (χ3n) is 2.16. The number of carboxylic acids is 1. The molecule has 0 bridgehead atoms. The van der Waals surface area contributed by atoms with Crippen LogP contribution in [0.3, 0.4) is 0 Å². The van der Waals surface area contributed by atoms with E-state index in [2.05, 4.69) is 15.0 Å². The Labute approximate surface area is 84.6 Å². The summed E-state index contributed by atoms with van der Waals surface area (Å²) in [6.07, 6.45) is 2.68. The lowest BCUT2D eigenvalue weighted by Gasteiger charge is -2.07. The smallest absolute Gasteiger partial charge is 0.326 e. The Morgan fingerprint density at radius 2 is 2.27 bits per heavy atom. The van der Waals surface area contributed by atoms with Crippen molar-refractivity contribution in [3.05, 3.63) is 12.7 Å². The number of rotatable bonds is 2. The van der Waals surface area contributed by atoms with Gasteiger partial charge in [-0.25, -0.2) is 19.7 Å². The minimum absolute atomic E-state index is 0.247. The van der Waals surface area contributed by atoms with Crippen LogP contribution in [0, 0.1) is 0 Å². The zero-order valence-corrected chi connectivity index (χ0v) is 7.95. The number of carboxylic acid groups (broad SMARTS) is 1. The Bertz CT molecular complexity index is 521. The van der Waals surface area contributed by atoms with Gasteiger partial charge in [-0.1, -0.05) is 0 Å². The van der Waals surface area contributed by atoms with Gasteiger partial charge in [0.15, 0.2) is 11.5 Å². The average Bonchev–Trinajstić information content (AvgIpc) is 2.61. The highest BCUT2D eigenvalue weighted by atomic mass is 16.4. The minimum atomic E-state index is -0.952. The lowest BCUT2D eigenvalue weighted by atomic mass is 10.3. The second-order valence-corrected chi connectivity index (χ2v) is 3.10. The number of nitrogens with zero attached hydrogens (tertiary/aromatic N) is 4. The molecule has 0 aliphatic rings. The highest BCUT2D eigenvalue weighted by Crippen LogP contribution is 2.18. The first kappa shape index (κ1) is 9.38. The minimum Gasteiger partial charge on any atom is -0.480 e. The summed E-state index contributed by atoms with van der Waals surface area (Å²) >= 11 is 0. The number of hydrogen-bond donors (Lipinski definition) is 2. The topological polar surface area (TPSA) is 107 Å². The van der Waals surface area contributed by atoms with E-state index < -0.39 is 12.0 Å². The molecule has 2 aromatic rings. The van der Waals surface area contributed by atoms with E-state index in [1.807, 2.05) is 0 Å². The van der Waals surface area contributed by atoms with Crippen molar-refractivity contribution in [3.8, 4) is 0 Å². The molecule has 2 aromatic heterocycles. The number of nitrogens with two attached hydrogens (primary N) is 1. The molecular formula is C8H9N5O2. The van der Waals surface area contributed by atoms with E-state index in [-0.39, 0.29) is 5.82 Å². The molecule has 2 rings (SSSR count). The molecule has 7 nitrogen and oxygen atoms in total. The zero-order valence-electron chi connectivity index (χ0n) is 7.95. The van der Waals surface area contributed by atoms with Gasteiger partial charge in [0.05, 0.1) is 6.33 Å². The fourth-order valence-electron chi connectivity index (χ4n) is 1.27. The first-order chi connectivity index (χ1) is 7.11. The normalized spacial score (nSPS) is 12.9. The van der Waals surface area contributed by atoms with E-state index in [9.17, 15) is 4.79 Å². The van der Waals surface area contributed by atoms with Gasteiger partial charge in [-0.15, -0.1) is 0 Å². The van der Waals surface area contributed by atoms with Crippen LogP contribution < -0.4 is 5.73 Å². The quantitative estimate of drug-likeness (QED) is 0.720. The fraction of sp³-hybridized carbons (Fsp3) is 0.250. The van der Waals surface area contributed by atoms with Crippen molar-refractivity contribution in [3.63, 3.8) is 0 Å². The van der Waals surface area contributed by atoms with Crippen LogP contribution in [0.4, 0.5) is 5.82 Å². The van der Waals surface area contributed by atoms with Crippen molar-refractivity contribution in [2.45, 2.75) is 13.0 Å². The number of carbonyl (C=O) groups is 1. The molecule has 7 heteroatoms. The molecule has 3 N–H and O–H groups in total. The summed E-state index contributed by atoms with van der Waals surface area (Å²) in [5, 5.41) is 8.86. The standard InChI is InChI=1S/C8H9N5O2/c1-4(8(14)15)13-3-12-5-6(9)10-2-11-7(5)13/h2-4H,1H3,(H,14,15)(H2,9,10,11)/t4-/m0/s1. The van der Waals surface area contributed by atoms with E-state index in [0.717, 1.165) is 0 Å². The maximum absolute atomic E-state index is 10.8. The largest absolute Gasteiger partial charge is 0.480 e. The predicted octanol–water partition coefficient (Wildman–Crippen LogP) is 0.0541. The molecule has 1 atom stereocenters. The Morgan fingerprint density at radius 3 is 2.93 bits per heavy atom. The van der Waals surface area contributed by atoms with Crippen molar-refractivity contribution in [1.82, 2.24) is 19.5 Å². The third kappa shape index (κ3) is 1.37. The van der Waals surface area contributed by atoms with Crippen LogP contribution in [-0.2, 0) is 4.79 Å². The van der Waals surface area contributed by atoms with Crippen molar-refractivity contribution in [2.24, 2.45) is 0 Å². The maximum Gasteiger partial charge on any atom is 0.326 e. The van der Waals surface area contributed by atoms with Gasteiger partial charge in [-0.2, -0.15) is 0 Å². The maximum atomic E-state index is 10.8. The lowest BCUT2D eigenvalue weighted by molar-refractivity contribution is -0.140. The van der Waals surface area contributed by atoms with Gasteiger partial charge < -0.3 is 15.4 Å². The van der Waals surface area contributed by atoms with E-state index in [1.165, 1.54) is 17.2 Å². The lowest BCUT2D eigenvalue weighted by Crippen LogP contribution is -2.15. The number of imidazole rings is 1. The predicted molar refractivity (Wildman–Crippen MR) is 52.1 cm³/mol. The highest BCUT2D eigenvalue weighted by molar-refractivity contribution is 5.83. The van der Waals surface area contributed by atoms with Crippen molar-refractivity contribution >= 4 is 23.0 Å². The SMILES string of the molecule is C[C@@H](C(=O)O)n1cnc2c(N)ncnc21. The van der Waals surface area contributed by atoms with Gasteiger partial charge in [0.1, 0.15) is 17.9 Å². The molecule has 2 heterocycles. The molecule has 0 unspecified atom stereocenters. The number of aromatic nitrogens is 4. The van der Waals surface area contributed by atoms with Gasteiger partial charge in [-0.05, 0) is 6.92 Å². The van der Waals surface area contributed by atoms with E-state index in [4.69, 9.17) is 10.8 Å². The summed E-state index contributed by atoms with van der Waals surface area (Å²) in [6.45, 7) is 1.54. The Hall–Kier alpha value is -2.18. The molecule has 0 amide bonds. The third-order valence-corrected chi connectivity index (χ3v) is 2.16. The molecule has 0 radical (unpaired) electrons. The summed E-state index contributed by atoms with van der Waals surface area (Å²) in [7, 11) is 0. The first-order valence-electron chi connectivity index (χ1n) is 4.27. The molecule has 15 heavy (non-hydrogen) atoms. The Balaban J connectivity index is 2.64. The number of anilines is 1. The van der Waals surface area contributed by atoms with Gasteiger partial charge in [0.25, 0.3) is 0 Å². The molecular weight excluding hydrogens is 198 g/mol. The van der Waals surface area contributed by atoms with Crippen molar-refractivity contribution < 1.29 is 9.90 Å². The molecule has 0 fully saturated rings. The number of fused-ring (bicyclic) bond motifs is 1. The van der Waals surface area contributed by atoms with Crippen LogP contribution in [0.15, 0.2) is 12.7 Å². The summed E-state index contributed by atoms with van der Waals surface area (Å²) < 4.78 is 1.44. The molecule has 0 aliphatic carbocycles. The second kappa shape index (κ2) is 3.19. The van der Waals surface area contributed by atoms with E-state index >= 15 is 0 Å². The molecule has 0 aromatic carbocycles. The highest BCUT2D eigenvalue weighted by Gasteiger charge is 2.17. The summed E-state index contributed by atoms with van der Waals surface area (Å²) in [5.41, 5.74) is 6.42. The van der Waals surface area contributed by atoms with Crippen LogP contribution in [-0.4, -0.2) is 30.6 Å². The van der Waals surface area contributed by atoms with Crippen LogP contribution in [0.5, 0.6) is 0 Å². The molecule has 78 valence electrons. The first-order valence-corrected chi connectivity index (χ1v) is 4.27. The van der Waals surface area contributed by atoms with Crippen LogP contribution in [0.1, 0.15) is 13.0 Å². The molecule has 0 spiro atoms. The van der Waals surface area contributed by atoms with Crippen molar-refractivity contribution in [1.29, 1.82) is 0 Å². The molecule has 0 saturated carbocycles. The van der Waals surface area contributed by atoms with Gasteiger partial charge in [0, 0.05) is 0 Å². The summed E-state index contributed by atoms with van der Waals surface area (Å²) in [6, 6.07) is -0.732. The second-order valence-electron chi connectivity index (χ2n) is 3.10.